The van der Waals surface area contributed by atoms with Crippen molar-refractivity contribution in [3.05, 3.63) is 139 Å². The molecule has 0 radical (unpaired) electrons. The van der Waals surface area contributed by atoms with Gasteiger partial charge in [-0.2, -0.15) is 0 Å². The Labute approximate surface area is 351 Å². The fourth-order valence-electron chi connectivity index (χ4n) is 5.21. The lowest BCUT2D eigenvalue weighted by Gasteiger charge is -2.17. The number of benzene rings is 2. The van der Waals surface area contributed by atoms with Crippen molar-refractivity contribution in [1.29, 1.82) is 0 Å². The number of rotatable bonds is 29. The van der Waals surface area contributed by atoms with Gasteiger partial charge in [-0.3, -0.25) is 14.4 Å². The Morgan fingerprint density at radius 2 is 1.17 bits per heavy atom. The largest absolute Gasteiger partial charge is 0.497 e. The van der Waals surface area contributed by atoms with Gasteiger partial charge in [0, 0.05) is 32.6 Å². The molecule has 0 aromatic heterocycles. The molecule has 2 N–H and O–H groups in total. The number of amides is 2. The van der Waals surface area contributed by atoms with Gasteiger partial charge in [0.25, 0.3) is 0 Å². The Morgan fingerprint density at radius 1 is 0.627 bits per heavy atom. The summed E-state index contributed by atoms with van der Waals surface area (Å²) in [6, 6.07) is 12.1. The number of methoxy groups -OCH3 is 2. The average Bonchev–Trinajstić information content (AvgIpc) is 3.23. The maximum Gasteiger partial charge on any atom is 0.412 e. The number of ketones is 2. The quantitative estimate of drug-likeness (QED) is 0.0474. The predicted molar refractivity (Wildman–Crippen MR) is 241 cm³/mol. The fraction of sp³-hybridized carbons (Fsp3) is 0.347. The van der Waals surface area contributed by atoms with Crippen LogP contribution in [0.4, 0.5) is 4.79 Å². The van der Waals surface area contributed by atoms with E-state index < -0.39 is 6.09 Å². The molecule has 0 spiro atoms. The minimum atomic E-state index is -0.640. The van der Waals surface area contributed by atoms with Crippen LogP contribution in [0.3, 0.4) is 0 Å². The zero-order chi connectivity index (χ0) is 42.8. The molecule has 0 saturated carbocycles. The summed E-state index contributed by atoms with van der Waals surface area (Å²) >= 11 is 0. The monoisotopic (exact) mass is 805 g/mol. The normalized spacial score (nSPS) is 12.2. The summed E-state index contributed by atoms with van der Waals surface area (Å²) in [6.45, 7) is 4.17. The highest BCUT2D eigenvalue weighted by Crippen LogP contribution is 2.28. The fourth-order valence-corrected chi connectivity index (χ4v) is 5.21. The maximum atomic E-state index is 12.5. The number of nitrogens with zero attached hydrogens (tertiary/aromatic N) is 1. The number of nitrogens with one attached hydrogen (secondary N) is 2. The Bertz CT molecular complexity index is 1820. The van der Waals surface area contributed by atoms with Crippen LogP contribution in [0.1, 0.15) is 75.8 Å². The molecule has 0 bridgehead atoms. The SMILES string of the molecule is CC/C=C\C/C=C\C/C=C/C/C=C\C/C=C\C/C=C\CCC(=O)NCCN(C)CCNC(=O)Oc1ccc(/C=C/C(=O)CC(=O)/C=C/c2cccc(OC)c2)cc1OC. The summed E-state index contributed by atoms with van der Waals surface area (Å²) in [5.41, 5.74) is 1.42. The van der Waals surface area contributed by atoms with E-state index >= 15 is 0 Å². The third-order valence-corrected chi connectivity index (χ3v) is 8.47. The number of hydrogen-bond acceptors (Lipinski definition) is 8. The van der Waals surface area contributed by atoms with Crippen LogP contribution in [0.15, 0.2) is 128 Å². The van der Waals surface area contributed by atoms with Crippen LogP contribution >= 0.6 is 0 Å². The van der Waals surface area contributed by atoms with Gasteiger partial charge in [0.2, 0.25) is 5.91 Å². The summed E-state index contributed by atoms with van der Waals surface area (Å²) in [6.07, 6.45) is 37.8. The van der Waals surface area contributed by atoms with Crippen LogP contribution in [0.2, 0.25) is 0 Å². The summed E-state index contributed by atoms with van der Waals surface area (Å²) in [4.78, 5) is 51.4. The Kier molecular flexibility index (Phi) is 26.7. The number of carbonyl (C=O) groups excluding carboxylic acids is 4. The lowest BCUT2D eigenvalue weighted by Crippen LogP contribution is -2.38. The van der Waals surface area contributed by atoms with Crippen molar-refractivity contribution in [2.24, 2.45) is 0 Å². The molecule has 0 atom stereocenters. The van der Waals surface area contributed by atoms with Crippen LogP contribution in [-0.4, -0.2) is 75.9 Å². The lowest BCUT2D eigenvalue weighted by molar-refractivity contribution is -0.122. The van der Waals surface area contributed by atoms with Crippen LogP contribution in [0.25, 0.3) is 12.2 Å². The van der Waals surface area contributed by atoms with Gasteiger partial charge in [-0.25, -0.2) is 4.79 Å². The van der Waals surface area contributed by atoms with E-state index in [2.05, 4.69) is 84.4 Å². The number of ether oxygens (including phenoxy) is 3. The molecule has 2 amide bonds. The van der Waals surface area contributed by atoms with Gasteiger partial charge in [0.15, 0.2) is 23.1 Å². The van der Waals surface area contributed by atoms with Gasteiger partial charge in [-0.1, -0.05) is 110 Å². The number of hydrogen-bond donors (Lipinski definition) is 2. The van der Waals surface area contributed by atoms with Crippen LogP contribution in [0, 0.1) is 0 Å². The molecule has 10 nitrogen and oxygen atoms in total. The first kappa shape index (κ1) is 49.1. The Hall–Kier alpha value is -6.00. The number of carbonyl (C=O) groups is 4. The zero-order valence-corrected chi connectivity index (χ0v) is 35.3. The zero-order valence-electron chi connectivity index (χ0n) is 35.3. The highest BCUT2D eigenvalue weighted by molar-refractivity contribution is 6.10. The van der Waals surface area contributed by atoms with Gasteiger partial charge >= 0.3 is 6.09 Å². The first-order chi connectivity index (χ1) is 28.7. The van der Waals surface area contributed by atoms with E-state index in [0.29, 0.717) is 56.1 Å². The van der Waals surface area contributed by atoms with Gasteiger partial charge in [-0.15, -0.1) is 0 Å². The first-order valence-corrected chi connectivity index (χ1v) is 20.3. The predicted octanol–water partition coefficient (Wildman–Crippen LogP) is 9.57. The van der Waals surface area contributed by atoms with Gasteiger partial charge in [-0.05, 0) is 99.5 Å². The summed E-state index contributed by atoms with van der Waals surface area (Å²) < 4.78 is 16.0. The number of allylic oxidation sites excluding steroid dienone is 14. The van der Waals surface area contributed by atoms with Crippen molar-refractivity contribution < 1.29 is 33.4 Å². The van der Waals surface area contributed by atoms with Crippen LogP contribution in [0.5, 0.6) is 17.2 Å². The van der Waals surface area contributed by atoms with E-state index in [-0.39, 0.29) is 29.6 Å². The molecular formula is C49H63N3O7. The lowest BCUT2D eigenvalue weighted by atomic mass is 10.1. The minimum absolute atomic E-state index is 0.00525. The maximum absolute atomic E-state index is 12.5. The van der Waals surface area contributed by atoms with Gasteiger partial charge in [0.05, 0.1) is 20.6 Å². The molecule has 0 aliphatic heterocycles. The minimum Gasteiger partial charge on any atom is -0.497 e. The second-order valence-electron chi connectivity index (χ2n) is 13.4. The third-order valence-electron chi connectivity index (χ3n) is 8.47. The average molecular weight is 806 g/mol. The molecule has 0 heterocycles. The van der Waals surface area contributed by atoms with Crippen LogP contribution in [-0.2, 0) is 14.4 Å². The Morgan fingerprint density at radius 3 is 1.73 bits per heavy atom. The van der Waals surface area contributed by atoms with Crippen molar-refractivity contribution >= 4 is 35.7 Å². The van der Waals surface area contributed by atoms with E-state index in [0.717, 1.165) is 44.1 Å². The molecular weight excluding hydrogens is 743 g/mol. The third kappa shape index (κ3) is 25.1. The molecule has 316 valence electrons. The second kappa shape index (κ2) is 32.0. The smallest absolute Gasteiger partial charge is 0.412 e. The van der Waals surface area contributed by atoms with Crippen LogP contribution < -0.4 is 24.8 Å². The Balaban J connectivity index is 1.56. The molecule has 59 heavy (non-hydrogen) atoms. The number of likely N-dealkylation sites (N-methyl/N-ethyl adjacent to an activating group) is 1. The standard InChI is InChI=1S/C49H63N3O7/c1-5-6-7-8-9-10-11-12-13-14-15-16-17-18-19-20-21-22-23-27-48(55)50-34-36-52(2)37-35-51-49(56)59-46-33-30-42(39-47(46)58-4)29-32-44(54)40-43(53)31-28-41-25-24-26-45(38-41)57-3/h6-7,9-10,12-13,15-16,18-19,21-22,24-26,28-33,38-39H,5,8,11,14,17,20,23,27,34-37,40H2,1-4H3,(H,50,55)(H,51,56)/b7-6-,10-9-,13-12+,16-15-,19-18-,22-21-,31-28+,32-29+. The molecule has 0 fully saturated rings. The van der Waals surface area contributed by atoms with E-state index in [1.165, 1.54) is 19.3 Å². The molecule has 2 aromatic carbocycles. The molecule has 0 aliphatic carbocycles. The topological polar surface area (TPSA) is 123 Å². The van der Waals surface area contributed by atoms with Crippen molar-refractivity contribution in [1.82, 2.24) is 15.5 Å². The van der Waals surface area contributed by atoms with Crippen molar-refractivity contribution in [3.8, 4) is 17.2 Å². The highest BCUT2D eigenvalue weighted by atomic mass is 16.6. The summed E-state index contributed by atoms with van der Waals surface area (Å²) in [5, 5.41) is 5.66. The van der Waals surface area contributed by atoms with Crippen molar-refractivity contribution in [3.63, 3.8) is 0 Å². The van der Waals surface area contributed by atoms with E-state index in [4.69, 9.17) is 14.2 Å². The molecule has 0 saturated heterocycles. The highest BCUT2D eigenvalue weighted by Gasteiger charge is 2.11. The second-order valence-corrected chi connectivity index (χ2v) is 13.4. The molecule has 2 aromatic rings. The van der Waals surface area contributed by atoms with E-state index in [1.807, 2.05) is 30.2 Å². The molecule has 2 rings (SSSR count). The first-order valence-electron chi connectivity index (χ1n) is 20.3. The van der Waals surface area contributed by atoms with E-state index in [9.17, 15) is 19.2 Å². The van der Waals surface area contributed by atoms with Crippen molar-refractivity contribution in [2.75, 3.05) is 47.4 Å². The molecule has 10 heteroatoms. The van der Waals surface area contributed by atoms with Crippen molar-refractivity contribution in [2.45, 2.75) is 64.7 Å². The van der Waals surface area contributed by atoms with Gasteiger partial charge in [0.1, 0.15) is 5.75 Å². The van der Waals surface area contributed by atoms with Gasteiger partial charge < -0.3 is 29.7 Å². The van der Waals surface area contributed by atoms with E-state index in [1.54, 1.807) is 49.6 Å². The summed E-state index contributed by atoms with van der Waals surface area (Å²) in [5.74, 6) is 0.524. The molecule has 0 aliphatic rings. The summed E-state index contributed by atoms with van der Waals surface area (Å²) in [7, 11) is 4.92. The molecule has 0 unspecified atom stereocenters.